The van der Waals surface area contributed by atoms with Gasteiger partial charge in [-0.3, -0.25) is 0 Å². The van der Waals surface area contributed by atoms with Crippen molar-refractivity contribution >= 4 is 11.9 Å². The number of ether oxygens (including phenoxy) is 2. The first kappa shape index (κ1) is 16.7. The number of carbonyl (C=O) groups excluding carboxylic acids is 2. The van der Waals surface area contributed by atoms with Crippen LogP contribution >= 0.6 is 0 Å². The first-order valence-electron chi connectivity index (χ1n) is 5.95. The molecule has 0 unspecified atom stereocenters. The van der Waals surface area contributed by atoms with E-state index in [0.29, 0.717) is 0 Å². The number of hydrogen-bond acceptors (Lipinski definition) is 4. The molecule has 0 aromatic heterocycles. The van der Waals surface area contributed by atoms with Gasteiger partial charge < -0.3 is 9.47 Å². The maximum atomic E-state index is 11.5. The fraction of sp³-hybridized carbons (Fsp3) is 0.714. The second kappa shape index (κ2) is 6.03. The first-order valence-corrected chi connectivity index (χ1v) is 5.95. The molecule has 0 saturated carbocycles. The summed E-state index contributed by atoms with van der Waals surface area (Å²) in [4.78, 5) is 23.1. The molecule has 0 heterocycles. The van der Waals surface area contributed by atoms with E-state index in [-0.39, 0.29) is 29.6 Å². The monoisotopic (exact) mass is 256 g/mol. The highest BCUT2D eigenvalue weighted by Gasteiger charge is 2.23. The van der Waals surface area contributed by atoms with Crippen molar-refractivity contribution in [2.45, 2.75) is 41.5 Å². The van der Waals surface area contributed by atoms with Crippen molar-refractivity contribution < 1.29 is 19.1 Å². The number of rotatable bonds is 4. The predicted molar refractivity (Wildman–Crippen MR) is 70.0 cm³/mol. The quantitative estimate of drug-likeness (QED) is 0.336. The molecule has 0 aliphatic rings. The van der Waals surface area contributed by atoms with E-state index in [0.717, 1.165) is 0 Å². The molecule has 104 valence electrons. The van der Waals surface area contributed by atoms with Gasteiger partial charge in [-0.25, -0.2) is 9.59 Å². The second-order valence-corrected chi connectivity index (χ2v) is 6.75. The Morgan fingerprint density at radius 1 is 0.833 bits per heavy atom. The van der Waals surface area contributed by atoms with Gasteiger partial charge in [-0.15, -0.1) is 0 Å². The molecular weight excluding hydrogens is 232 g/mol. The normalized spacial score (nSPS) is 11.9. The average molecular weight is 256 g/mol. The maximum Gasteiger partial charge on any atom is 0.344 e. The third kappa shape index (κ3) is 7.87. The zero-order valence-electron chi connectivity index (χ0n) is 12.3. The van der Waals surface area contributed by atoms with E-state index in [1.165, 1.54) is 0 Å². The van der Waals surface area contributed by atoms with E-state index in [1.807, 2.05) is 41.5 Å². The maximum absolute atomic E-state index is 11.5. The molecule has 4 nitrogen and oxygen atoms in total. The molecule has 0 aromatic carbocycles. The van der Waals surface area contributed by atoms with E-state index in [9.17, 15) is 9.59 Å². The van der Waals surface area contributed by atoms with Crippen LogP contribution in [0, 0.1) is 10.8 Å². The van der Waals surface area contributed by atoms with E-state index >= 15 is 0 Å². The van der Waals surface area contributed by atoms with Gasteiger partial charge in [-0.2, -0.15) is 0 Å². The summed E-state index contributed by atoms with van der Waals surface area (Å²) in [6.45, 7) is 15.5. The van der Waals surface area contributed by atoms with Crippen LogP contribution in [-0.2, 0) is 19.1 Å². The molecule has 0 amide bonds. The summed E-state index contributed by atoms with van der Waals surface area (Å²) in [6.07, 6.45) is 0. The lowest BCUT2D eigenvalue weighted by atomic mass is 9.98. The Labute approximate surface area is 109 Å². The number of esters is 2. The van der Waals surface area contributed by atoms with Crippen LogP contribution in [-0.4, -0.2) is 25.2 Å². The van der Waals surface area contributed by atoms with Gasteiger partial charge >= 0.3 is 11.9 Å². The van der Waals surface area contributed by atoms with Crippen molar-refractivity contribution in [2.75, 3.05) is 13.2 Å². The first-order chi connectivity index (χ1) is 7.92. The van der Waals surface area contributed by atoms with Gasteiger partial charge in [0.05, 0.1) is 13.2 Å². The van der Waals surface area contributed by atoms with Crippen LogP contribution in [0.2, 0.25) is 0 Å². The third-order valence-electron chi connectivity index (χ3n) is 1.77. The molecule has 0 aromatic rings. The Balaban J connectivity index is 4.22. The Morgan fingerprint density at radius 3 is 1.33 bits per heavy atom. The Bertz CT molecular complexity index is 297. The standard InChI is InChI=1S/C14H24O4/c1-10(11(15)17-8-13(2,3)4)12(16)18-9-14(5,6)7/h1,8-9H2,2-7H3. The van der Waals surface area contributed by atoms with E-state index in [1.54, 1.807) is 0 Å². The highest BCUT2D eigenvalue weighted by Crippen LogP contribution is 2.16. The summed E-state index contributed by atoms with van der Waals surface area (Å²) >= 11 is 0. The van der Waals surface area contributed by atoms with Gasteiger partial charge in [0.25, 0.3) is 0 Å². The van der Waals surface area contributed by atoms with Crippen LogP contribution in [0.1, 0.15) is 41.5 Å². The van der Waals surface area contributed by atoms with Gasteiger partial charge in [0, 0.05) is 0 Å². The fourth-order valence-electron chi connectivity index (χ4n) is 0.822. The fourth-order valence-corrected chi connectivity index (χ4v) is 0.822. The zero-order chi connectivity index (χ0) is 14.6. The molecule has 0 bridgehead atoms. The van der Waals surface area contributed by atoms with Crippen LogP contribution in [0.5, 0.6) is 0 Å². The largest absolute Gasteiger partial charge is 0.461 e. The smallest absolute Gasteiger partial charge is 0.344 e. The molecule has 0 radical (unpaired) electrons. The van der Waals surface area contributed by atoms with Crippen molar-refractivity contribution in [1.29, 1.82) is 0 Å². The lowest BCUT2D eigenvalue weighted by Gasteiger charge is -2.19. The molecule has 0 rings (SSSR count). The van der Waals surface area contributed by atoms with Gasteiger partial charge in [-0.1, -0.05) is 48.1 Å². The number of carbonyl (C=O) groups is 2. The van der Waals surface area contributed by atoms with Crippen LogP contribution in [0.15, 0.2) is 12.2 Å². The lowest BCUT2D eigenvalue weighted by Crippen LogP contribution is -2.25. The minimum absolute atomic E-state index is 0.148. The van der Waals surface area contributed by atoms with Gasteiger partial charge in [0.2, 0.25) is 0 Å². The third-order valence-corrected chi connectivity index (χ3v) is 1.77. The summed E-state index contributed by atoms with van der Waals surface area (Å²) in [5.41, 5.74) is -0.556. The van der Waals surface area contributed by atoms with E-state index in [4.69, 9.17) is 9.47 Å². The summed E-state index contributed by atoms with van der Waals surface area (Å²) in [6, 6.07) is 0. The minimum atomic E-state index is -0.719. The average Bonchev–Trinajstić information content (AvgIpc) is 2.19. The second-order valence-electron chi connectivity index (χ2n) is 6.75. The predicted octanol–water partition coefficient (Wildman–Crippen LogP) is 2.72. The summed E-state index contributed by atoms with van der Waals surface area (Å²) in [5, 5.41) is 0. The van der Waals surface area contributed by atoms with Crippen molar-refractivity contribution in [1.82, 2.24) is 0 Å². The Hall–Kier alpha value is -1.32. The Morgan fingerprint density at radius 2 is 1.11 bits per heavy atom. The molecule has 18 heavy (non-hydrogen) atoms. The van der Waals surface area contributed by atoms with Crippen molar-refractivity contribution in [3.63, 3.8) is 0 Å². The summed E-state index contributed by atoms with van der Waals surface area (Å²) in [5.74, 6) is -1.44. The molecule has 0 saturated heterocycles. The molecular formula is C14H24O4. The van der Waals surface area contributed by atoms with Crippen molar-refractivity contribution in [3.8, 4) is 0 Å². The van der Waals surface area contributed by atoms with Crippen molar-refractivity contribution in [3.05, 3.63) is 12.2 Å². The van der Waals surface area contributed by atoms with E-state index in [2.05, 4.69) is 6.58 Å². The number of hydrogen-bond donors (Lipinski definition) is 0. The molecule has 0 aliphatic heterocycles. The lowest BCUT2D eigenvalue weighted by molar-refractivity contribution is -0.150. The molecule has 0 spiro atoms. The summed E-state index contributed by atoms with van der Waals surface area (Å²) < 4.78 is 9.96. The minimum Gasteiger partial charge on any atom is -0.461 e. The summed E-state index contributed by atoms with van der Waals surface area (Å²) in [7, 11) is 0. The SMILES string of the molecule is C=C(C(=O)OCC(C)(C)C)C(=O)OCC(C)(C)C. The topological polar surface area (TPSA) is 52.6 Å². The van der Waals surface area contributed by atoms with Gasteiger partial charge in [0.1, 0.15) is 5.57 Å². The highest BCUT2D eigenvalue weighted by molar-refractivity contribution is 6.13. The molecule has 0 aliphatic carbocycles. The highest BCUT2D eigenvalue weighted by atomic mass is 16.6. The molecule has 0 N–H and O–H groups in total. The van der Waals surface area contributed by atoms with Crippen LogP contribution < -0.4 is 0 Å². The van der Waals surface area contributed by atoms with Crippen LogP contribution in [0.4, 0.5) is 0 Å². The van der Waals surface area contributed by atoms with Crippen LogP contribution in [0.3, 0.4) is 0 Å². The van der Waals surface area contributed by atoms with E-state index < -0.39 is 11.9 Å². The Kier molecular flexibility index (Phi) is 5.58. The van der Waals surface area contributed by atoms with Crippen LogP contribution in [0.25, 0.3) is 0 Å². The van der Waals surface area contributed by atoms with Gasteiger partial charge in [-0.05, 0) is 10.8 Å². The molecule has 0 atom stereocenters. The zero-order valence-corrected chi connectivity index (χ0v) is 12.3. The molecule has 4 heteroatoms. The van der Waals surface area contributed by atoms with Crippen molar-refractivity contribution in [2.24, 2.45) is 10.8 Å². The van der Waals surface area contributed by atoms with Gasteiger partial charge in [0.15, 0.2) is 0 Å². The molecule has 0 fully saturated rings.